The Balaban J connectivity index is 0.950. The van der Waals surface area contributed by atoms with Crippen LogP contribution in [0.4, 0.5) is 0 Å². The maximum absolute atomic E-state index is 10.3. The van der Waals surface area contributed by atoms with Crippen molar-refractivity contribution in [3.63, 3.8) is 0 Å². The Hall–Kier alpha value is -1.18. The van der Waals surface area contributed by atoms with E-state index in [0.717, 1.165) is 75.3 Å². The molecule has 0 radical (unpaired) electrons. The van der Waals surface area contributed by atoms with Crippen molar-refractivity contribution >= 4 is 0 Å². The number of hydrogen-bond donors (Lipinski definition) is 2. The molecule has 290 valence electrons. The fraction of sp³-hybridized carbons (Fsp3) is 0.857. The molecular weight excluding hydrogens is 664 g/mol. The maximum Gasteiger partial charge on any atom is 0.201 e. The minimum atomic E-state index is -0.793. The van der Waals surface area contributed by atoms with Crippen molar-refractivity contribution < 1.29 is 48.7 Å². The molecule has 2 N–H and O–H groups in total. The molecule has 2 saturated carbocycles. The quantitative estimate of drug-likeness (QED) is 0.271. The number of aliphatic hydroxyl groups excluding tert-OH is 2. The molecule has 1 aromatic rings. The minimum Gasteiger partial charge on any atom is -0.392 e. The van der Waals surface area contributed by atoms with Crippen LogP contribution in [0.25, 0.3) is 0 Å². The Labute approximate surface area is 309 Å². The van der Waals surface area contributed by atoms with Crippen LogP contribution >= 0.6 is 0 Å². The van der Waals surface area contributed by atoms with Crippen LogP contribution in [-0.4, -0.2) is 57.8 Å². The van der Waals surface area contributed by atoms with Crippen LogP contribution in [-0.2, 0) is 64.6 Å². The van der Waals surface area contributed by atoms with Crippen molar-refractivity contribution in [1.29, 1.82) is 0 Å². The van der Waals surface area contributed by atoms with E-state index < -0.39 is 35.4 Å². The van der Waals surface area contributed by atoms with Gasteiger partial charge in [-0.05, 0) is 136 Å². The topological polar surface area (TPSA) is 114 Å². The first-order valence-corrected chi connectivity index (χ1v) is 20.7. The van der Waals surface area contributed by atoms with Gasteiger partial charge in [-0.2, -0.15) is 0 Å². The number of aryl methyl sites for hydroxylation is 2. The van der Waals surface area contributed by atoms with E-state index >= 15 is 0 Å². The first-order valence-electron chi connectivity index (χ1n) is 20.7. The van der Waals surface area contributed by atoms with Crippen molar-refractivity contribution in [2.24, 2.45) is 47.3 Å². The van der Waals surface area contributed by atoms with E-state index in [1.54, 1.807) is 0 Å². The number of rotatable bonds is 8. The Morgan fingerprint density at radius 3 is 1.38 bits per heavy atom. The molecule has 8 aliphatic heterocycles. The molecular formula is C42H62O10. The standard InChI is InChI=1S/C42H62O10/c1-23-7-11-33-25(3)35(45-37-41(33)31(23)15-17-39(5,47-37)49-51-41)13-9-27-19-29(21-43)30(22-44)20-28(27)10-14-36-26(4)34-12-8-24(2)32-16-18-40(6)48-38(46-36)42(32,34)52-50-40/h19-20,23-26,31-38,43-44H,7-18,21-22H2,1-6H3/t23-,24-,25-,26-,31+,32+,33+,34+,35-,36-,37-,38-,39+,40+,41-,42-/m1/s1. The van der Waals surface area contributed by atoms with Gasteiger partial charge in [-0.15, -0.1) is 0 Å². The molecule has 0 amide bonds. The average Bonchev–Trinajstić information content (AvgIpc) is 3.51. The smallest absolute Gasteiger partial charge is 0.201 e. The fourth-order valence-electron chi connectivity index (χ4n) is 12.8. The van der Waals surface area contributed by atoms with Crippen LogP contribution in [0, 0.1) is 47.3 Å². The molecule has 1 aromatic carbocycles. The SMILES string of the molecule is C[C@H]1[C@@H](CCc2cc(CO)c(CO)cc2CC[C@H]2O[C@@H]3O[C@]4(C)CC[C@H]5[C@H](C)CC[C@@H]([C@H]2C)[C@@]35OO4)O[C@@H]2O[C@]3(C)CC[C@H]4[C@H](C)CC[C@@H]1[C@@]24OO3. The van der Waals surface area contributed by atoms with E-state index in [0.29, 0.717) is 23.7 Å². The predicted molar refractivity (Wildman–Crippen MR) is 189 cm³/mol. The third-order valence-corrected chi connectivity index (χ3v) is 15.8. The second-order valence-corrected chi connectivity index (χ2v) is 18.7. The third-order valence-electron chi connectivity index (χ3n) is 15.8. The van der Waals surface area contributed by atoms with Crippen LogP contribution in [0.15, 0.2) is 12.1 Å². The molecule has 10 aliphatic rings. The Kier molecular flexibility index (Phi) is 9.26. The highest BCUT2D eigenvalue weighted by molar-refractivity contribution is 5.38. The monoisotopic (exact) mass is 726 g/mol. The molecule has 2 spiro atoms. The van der Waals surface area contributed by atoms with E-state index in [1.807, 2.05) is 13.8 Å². The first kappa shape index (κ1) is 36.5. The summed E-state index contributed by atoms with van der Waals surface area (Å²) in [5, 5.41) is 20.6. The highest BCUT2D eigenvalue weighted by Gasteiger charge is 2.70. The van der Waals surface area contributed by atoms with Gasteiger partial charge < -0.3 is 29.2 Å². The van der Waals surface area contributed by atoms with Crippen LogP contribution in [0.1, 0.15) is 128 Å². The second kappa shape index (κ2) is 13.2. The third kappa shape index (κ3) is 5.47. The van der Waals surface area contributed by atoms with E-state index in [9.17, 15) is 10.2 Å². The molecule has 10 heteroatoms. The largest absolute Gasteiger partial charge is 0.392 e. The van der Waals surface area contributed by atoms with Crippen molar-refractivity contribution in [2.45, 2.75) is 179 Å². The zero-order valence-corrected chi connectivity index (χ0v) is 32.1. The summed E-state index contributed by atoms with van der Waals surface area (Å²) in [7, 11) is 0. The normalized spacial score (nSPS) is 50.6. The van der Waals surface area contributed by atoms with Gasteiger partial charge in [0.1, 0.15) is 0 Å². The lowest BCUT2D eigenvalue weighted by Crippen LogP contribution is -2.70. The van der Waals surface area contributed by atoms with Crippen molar-refractivity contribution in [3.05, 3.63) is 34.4 Å². The highest BCUT2D eigenvalue weighted by atomic mass is 17.3. The summed E-state index contributed by atoms with van der Waals surface area (Å²) in [5.74, 6) is 1.28. The van der Waals surface area contributed by atoms with Crippen LogP contribution in [0.3, 0.4) is 0 Å². The highest BCUT2D eigenvalue weighted by Crippen LogP contribution is 2.62. The number of fused-ring (bicyclic) bond motifs is 4. The van der Waals surface area contributed by atoms with Crippen LogP contribution in [0.5, 0.6) is 0 Å². The molecule has 0 unspecified atom stereocenters. The first-order chi connectivity index (χ1) is 24.9. The predicted octanol–water partition coefficient (Wildman–Crippen LogP) is 7.04. The van der Waals surface area contributed by atoms with Gasteiger partial charge in [0, 0.05) is 24.7 Å². The number of hydrogen-bond acceptors (Lipinski definition) is 10. The Morgan fingerprint density at radius 1 is 0.558 bits per heavy atom. The lowest BCUT2D eigenvalue weighted by atomic mass is 9.57. The summed E-state index contributed by atoms with van der Waals surface area (Å²) in [5.41, 5.74) is 2.82. The molecule has 11 rings (SSSR count). The number of benzene rings is 1. The summed E-state index contributed by atoms with van der Waals surface area (Å²) >= 11 is 0. The fourth-order valence-corrected chi connectivity index (χ4v) is 12.8. The van der Waals surface area contributed by atoms with Gasteiger partial charge in [-0.3, -0.25) is 0 Å². The maximum atomic E-state index is 10.3. The summed E-state index contributed by atoms with van der Waals surface area (Å²) < 4.78 is 27.2. The molecule has 10 fully saturated rings. The molecule has 4 bridgehead atoms. The van der Waals surface area contributed by atoms with Gasteiger partial charge in [0.25, 0.3) is 0 Å². The van der Waals surface area contributed by atoms with Crippen LogP contribution in [0.2, 0.25) is 0 Å². The zero-order chi connectivity index (χ0) is 36.2. The lowest BCUT2D eigenvalue weighted by Gasteiger charge is -2.60. The number of aliphatic hydroxyl groups is 2. The molecule has 8 heterocycles. The summed E-state index contributed by atoms with van der Waals surface area (Å²) in [6, 6.07) is 4.23. The second-order valence-electron chi connectivity index (χ2n) is 18.7. The van der Waals surface area contributed by atoms with Gasteiger partial charge >= 0.3 is 0 Å². The van der Waals surface area contributed by atoms with E-state index in [1.165, 1.54) is 24.0 Å². The molecule has 52 heavy (non-hydrogen) atoms. The zero-order valence-electron chi connectivity index (χ0n) is 32.1. The number of ether oxygens (including phenoxy) is 4. The molecule has 10 nitrogen and oxygen atoms in total. The molecule has 0 aromatic heterocycles. The molecule has 2 aliphatic carbocycles. The van der Waals surface area contributed by atoms with Crippen LogP contribution < -0.4 is 0 Å². The Bertz CT molecular complexity index is 1400. The lowest BCUT2D eigenvalue weighted by molar-refractivity contribution is -0.571. The van der Waals surface area contributed by atoms with Gasteiger partial charge in [0.05, 0.1) is 25.4 Å². The van der Waals surface area contributed by atoms with E-state index in [-0.39, 0.29) is 49.1 Å². The summed E-state index contributed by atoms with van der Waals surface area (Å²) in [6.07, 6.45) is 10.5. The van der Waals surface area contributed by atoms with Gasteiger partial charge in [0.2, 0.25) is 11.6 Å². The molecule has 8 saturated heterocycles. The summed E-state index contributed by atoms with van der Waals surface area (Å²) in [4.78, 5) is 24.9. The average molecular weight is 727 g/mol. The minimum absolute atomic E-state index is 0.00454. The van der Waals surface area contributed by atoms with Gasteiger partial charge in [-0.1, -0.05) is 39.8 Å². The van der Waals surface area contributed by atoms with E-state index in [4.69, 9.17) is 38.5 Å². The Morgan fingerprint density at radius 2 is 0.981 bits per heavy atom. The molecule has 16 atom stereocenters. The summed E-state index contributed by atoms with van der Waals surface area (Å²) in [6.45, 7) is 13.1. The van der Waals surface area contributed by atoms with Crippen molar-refractivity contribution in [2.75, 3.05) is 0 Å². The van der Waals surface area contributed by atoms with Gasteiger partial charge in [0.15, 0.2) is 23.8 Å². The van der Waals surface area contributed by atoms with Crippen molar-refractivity contribution in [1.82, 2.24) is 0 Å². The van der Waals surface area contributed by atoms with Crippen molar-refractivity contribution in [3.8, 4) is 0 Å². The van der Waals surface area contributed by atoms with E-state index in [2.05, 4.69) is 39.8 Å². The van der Waals surface area contributed by atoms with Gasteiger partial charge in [-0.25, -0.2) is 19.6 Å².